The van der Waals surface area contributed by atoms with Crippen molar-refractivity contribution >= 4 is 0 Å². The molecule has 90 valence electrons. The lowest BCUT2D eigenvalue weighted by Crippen LogP contribution is -2.56. The molecule has 3 aliphatic rings. The fourth-order valence-corrected chi connectivity index (χ4v) is 4.47. The van der Waals surface area contributed by atoms with Gasteiger partial charge in [-0.25, -0.2) is 0 Å². The second-order valence-electron chi connectivity index (χ2n) is 6.95. The molecule has 2 saturated carbocycles. The zero-order chi connectivity index (χ0) is 11.4. The van der Waals surface area contributed by atoms with Gasteiger partial charge in [-0.2, -0.15) is 0 Å². The SMILES string of the molecule is CC1(C)C[C@H]2[C@H]1CCC1=CCC[C@@]2(O)CC1. The van der Waals surface area contributed by atoms with Gasteiger partial charge in [-0.05, 0) is 62.2 Å². The van der Waals surface area contributed by atoms with Crippen molar-refractivity contribution in [3.63, 3.8) is 0 Å². The monoisotopic (exact) mass is 220 g/mol. The number of rotatable bonds is 0. The molecule has 0 spiro atoms. The molecule has 0 aromatic heterocycles. The van der Waals surface area contributed by atoms with E-state index in [0.29, 0.717) is 11.3 Å². The van der Waals surface area contributed by atoms with E-state index in [9.17, 15) is 5.11 Å². The third kappa shape index (κ3) is 1.48. The number of hydrogen-bond donors (Lipinski definition) is 1. The Labute approximate surface area is 98.9 Å². The first kappa shape index (κ1) is 10.8. The Morgan fingerprint density at radius 2 is 2.00 bits per heavy atom. The van der Waals surface area contributed by atoms with Crippen molar-refractivity contribution < 1.29 is 5.11 Å². The molecule has 3 atom stereocenters. The zero-order valence-electron chi connectivity index (χ0n) is 10.6. The van der Waals surface area contributed by atoms with E-state index in [-0.39, 0.29) is 5.60 Å². The average Bonchev–Trinajstić information content (AvgIpc) is 2.35. The second kappa shape index (κ2) is 3.35. The highest BCUT2D eigenvalue weighted by molar-refractivity contribution is 5.15. The fourth-order valence-electron chi connectivity index (χ4n) is 4.47. The van der Waals surface area contributed by atoms with Crippen molar-refractivity contribution in [2.24, 2.45) is 17.3 Å². The van der Waals surface area contributed by atoms with Crippen LogP contribution in [0.1, 0.15) is 58.8 Å². The molecule has 0 saturated heterocycles. The summed E-state index contributed by atoms with van der Waals surface area (Å²) in [5.74, 6) is 1.36. The van der Waals surface area contributed by atoms with Crippen molar-refractivity contribution in [3.05, 3.63) is 11.6 Å². The van der Waals surface area contributed by atoms with Crippen LogP contribution in [-0.2, 0) is 0 Å². The molecule has 16 heavy (non-hydrogen) atoms. The standard InChI is InChI=1S/C15H24O/c1-14(2)10-13-12(14)6-5-11-4-3-8-15(13,16)9-7-11/h4,12-13,16H,3,5-10H2,1-2H3/t12-,13+,15-/m1/s1. The maximum Gasteiger partial charge on any atom is 0.0684 e. The summed E-state index contributed by atoms with van der Waals surface area (Å²) in [6, 6.07) is 0. The quantitative estimate of drug-likeness (QED) is 0.617. The van der Waals surface area contributed by atoms with Gasteiger partial charge in [0, 0.05) is 0 Å². The Balaban J connectivity index is 1.91. The van der Waals surface area contributed by atoms with Gasteiger partial charge in [-0.1, -0.05) is 25.5 Å². The number of allylic oxidation sites excluding steroid dienone is 2. The maximum absolute atomic E-state index is 10.9. The summed E-state index contributed by atoms with van der Waals surface area (Å²) in [4.78, 5) is 0. The first-order valence-corrected chi connectivity index (χ1v) is 6.92. The Morgan fingerprint density at radius 1 is 1.19 bits per heavy atom. The molecule has 3 aliphatic carbocycles. The van der Waals surface area contributed by atoms with E-state index in [0.717, 1.165) is 31.6 Å². The molecular formula is C15H24O. The highest BCUT2D eigenvalue weighted by Crippen LogP contribution is 2.60. The first-order valence-electron chi connectivity index (χ1n) is 6.92. The van der Waals surface area contributed by atoms with Crippen molar-refractivity contribution in [1.29, 1.82) is 0 Å². The van der Waals surface area contributed by atoms with Crippen LogP contribution in [0.2, 0.25) is 0 Å². The van der Waals surface area contributed by atoms with Crippen LogP contribution in [0.3, 0.4) is 0 Å². The van der Waals surface area contributed by atoms with Gasteiger partial charge in [0.1, 0.15) is 0 Å². The Kier molecular flexibility index (Phi) is 2.27. The van der Waals surface area contributed by atoms with E-state index < -0.39 is 0 Å². The normalized spacial score (nSPS) is 45.8. The minimum Gasteiger partial charge on any atom is -0.390 e. The summed E-state index contributed by atoms with van der Waals surface area (Å²) >= 11 is 0. The molecule has 0 heterocycles. The van der Waals surface area contributed by atoms with Crippen LogP contribution in [0, 0.1) is 17.3 Å². The van der Waals surface area contributed by atoms with E-state index in [1.54, 1.807) is 5.57 Å². The van der Waals surface area contributed by atoms with Crippen LogP contribution < -0.4 is 0 Å². The zero-order valence-corrected chi connectivity index (χ0v) is 10.6. The third-order valence-corrected chi connectivity index (χ3v) is 5.59. The molecule has 0 aromatic rings. The number of aliphatic hydroxyl groups is 1. The number of hydrogen-bond acceptors (Lipinski definition) is 1. The van der Waals surface area contributed by atoms with E-state index in [4.69, 9.17) is 0 Å². The Bertz CT molecular complexity index is 328. The molecule has 0 unspecified atom stereocenters. The summed E-state index contributed by atoms with van der Waals surface area (Å²) in [5.41, 5.74) is 1.77. The Morgan fingerprint density at radius 3 is 2.75 bits per heavy atom. The second-order valence-corrected chi connectivity index (χ2v) is 6.95. The van der Waals surface area contributed by atoms with Crippen LogP contribution in [0.15, 0.2) is 11.6 Å². The molecule has 2 fully saturated rings. The third-order valence-electron chi connectivity index (χ3n) is 5.59. The molecule has 1 nitrogen and oxygen atoms in total. The van der Waals surface area contributed by atoms with Gasteiger partial charge >= 0.3 is 0 Å². The predicted molar refractivity (Wildman–Crippen MR) is 66.1 cm³/mol. The molecule has 0 aliphatic heterocycles. The van der Waals surface area contributed by atoms with E-state index in [1.165, 1.54) is 19.3 Å². The minimum absolute atomic E-state index is 0.334. The van der Waals surface area contributed by atoms with Gasteiger partial charge in [0.25, 0.3) is 0 Å². The maximum atomic E-state index is 10.9. The van der Waals surface area contributed by atoms with Crippen LogP contribution in [-0.4, -0.2) is 10.7 Å². The fraction of sp³-hybridized carbons (Fsp3) is 0.867. The first-order chi connectivity index (χ1) is 7.51. The van der Waals surface area contributed by atoms with Gasteiger partial charge in [0.05, 0.1) is 5.60 Å². The predicted octanol–water partition coefficient (Wildman–Crippen LogP) is 3.67. The summed E-state index contributed by atoms with van der Waals surface area (Å²) in [6.07, 6.45) is 10.5. The molecule has 3 rings (SSSR count). The van der Waals surface area contributed by atoms with Gasteiger partial charge in [-0.3, -0.25) is 0 Å². The van der Waals surface area contributed by atoms with Gasteiger partial charge in [0.2, 0.25) is 0 Å². The smallest absolute Gasteiger partial charge is 0.0684 e. The summed E-state index contributed by atoms with van der Waals surface area (Å²) in [6.45, 7) is 4.77. The molecule has 0 aromatic carbocycles. The highest BCUT2D eigenvalue weighted by Gasteiger charge is 2.55. The van der Waals surface area contributed by atoms with Crippen LogP contribution in [0.5, 0.6) is 0 Å². The lowest BCUT2D eigenvalue weighted by molar-refractivity contribution is -0.156. The van der Waals surface area contributed by atoms with E-state index >= 15 is 0 Å². The van der Waals surface area contributed by atoms with Gasteiger partial charge in [0.15, 0.2) is 0 Å². The average molecular weight is 220 g/mol. The minimum atomic E-state index is -0.334. The largest absolute Gasteiger partial charge is 0.390 e. The lowest BCUT2D eigenvalue weighted by Gasteiger charge is -2.58. The topological polar surface area (TPSA) is 20.2 Å². The van der Waals surface area contributed by atoms with Crippen LogP contribution in [0.25, 0.3) is 0 Å². The van der Waals surface area contributed by atoms with Crippen molar-refractivity contribution in [3.8, 4) is 0 Å². The molecule has 1 heteroatoms. The van der Waals surface area contributed by atoms with Gasteiger partial charge < -0.3 is 5.11 Å². The van der Waals surface area contributed by atoms with E-state index in [1.807, 2.05) is 0 Å². The highest BCUT2D eigenvalue weighted by atomic mass is 16.3. The Hall–Kier alpha value is -0.300. The number of fused-ring (bicyclic) bond motifs is 5. The molecule has 2 bridgehead atoms. The van der Waals surface area contributed by atoms with Crippen LogP contribution >= 0.6 is 0 Å². The molecule has 1 N–H and O–H groups in total. The lowest BCUT2D eigenvalue weighted by atomic mass is 9.48. The van der Waals surface area contributed by atoms with Gasteiger partial charge in [-0.15, -0.1) is 0 Å². The summed E-state index contributed by atoms with van der Waals surface area (Å²) in [5, 5.41) is 10.9. The molecular weight excluding hydrogens is 196 g/mol. The summed E-state index contributed by atoms with van der Waals surface area (Å²) < 4.78 is 0. The van der Waals surface area contributed by atoms with Crippen LogP contribution in [0.4, 0.5) is 0 Å². The molecule has 0 amide bonds. The molecule has 0 radical (unpaired) electrons. The van der Waals surface area contributed by atoms with E-state index in [2.05, 4.69) is 19.9 Å². The van der Waals surface area contributed by atoms with Crippen molar-refractivity contribution in [1.82, 2.24) is 0 Å². The summed E-state index contributed by atoms with van der Waals surface area (Å²) in [7, 11) is 0. The van der Waals surface area contributed by atoms with Crippen molar-refractivity contribution in [2.45, 2.75) is 64.4 Å². The van der Waals surface area contributed by atoms with Crippen molar-refractivity contribution in [2.75, 3.05) is 0 Å².